The van der Waals surface area contributed by atoms with Crippen molar-refractivity contribution in [2.24, 2.45) is 0 Å². The van der Waals surface area contributed by atoms with E-state index in [9.17, 15) is 4.79 Å². The predicted octanol–water partition coefficient (Wildman–Crippen LogP) is 3.52. The maximum Gasteiger partial charge on any atom is 0.240 e. The Labute approximate surface area is 135 Å². The number of likely N-dealkylation sites (tertiary alicyclic amines) is 1. The first-order valence-corrected chi connectivity index (χ1v) is 8.74. The summed E-state index contributed by atoms with van der Waals surface area (Å²) in [7, 11) is 5.64. The molecule has 0 bridgehead atoms. The lowest BCUT2D eigenvalue weighted by Gasteiger charge is -2.38. The summed E-state index contributed by atoms with van der Waals surface area (Å²) >= 11 is 0. The van der Waals surface area contributed by atoms with E-state index in [0.717, 1.165) is 25.9 Å². The minimum absolute atomic E-state index is 0.114. The van der Waals surface area contributed by atoms with Gasteiger partial charge in [-0.3, -0.25) is 4.79 Å². The van der Waals surface area contributed by atoms with E-state index >= 15 is 0 Å². The average molecular weight is 306 g/mol. The zero-order chi connectivity index (χ0) is 17.9. The van der Waals surface area contributed by atoms with Gasteiger partial charge in [-0.2, -0.15) is 0 Å². The van der Waals surface area contributed by atoms with Crippen LogP contribution in [0.25, 0.3) is 0 Å². The number of hydrogen-bond acceptors (Lipinski definition) is 3. The van der Waals surface area contributed by atoms with Crippen molar-refractivity contribution in [2.75, 3.05) is 34.2 Å². The van der Waals surface area contributed by atoms with Gasteiger partial charge in [-0.1, -0.05) is 55.4 Å². The summed E-state index contributed by atoms with van der Waals surface area (Å²) in [4.78, 5) is 13.9. The van der Waals surface area contributed by atoms with Gasteiger partial charge in [0.2, 0.25) is 5.91 Å². The van der Waals surface area contributed by atoms with E-state index < -0.39 is 0 Å². The lowest BCUT2D eigenvalue weighted by Crippen LogP contribution is -2.59. The molecule has 0 aromatic rings. The Bertz CT molecular complexity index is 188. The van der Waals surface area contributed by atoms with Gasteiger partial charge < -0.3 is 15.5 Å². The van der Waals surface area contributed by atoms with Gasteiger partial charge in [0.1, 0.15) is 0 Å². The Morgan fingerprint density at radius 2 is 1.19 bits per heavy atom. The number of carbonyl (C=O) groups excluding carboxylic acids is 1. The van der Waals surface area contributed by atoms with Crippen LogP contribution in [0.5, 0.6) is 0 Å². The number of hydrogen-bond donors (Lipinski definition) is 2. The van der Waals surface area contributed by atoms with Crippen molar-refractivity contribution in [2.45, 2.75) is 73.8 Å². The molecule has 2 N–H and O–H groups in total. The fourth-order valence-corrected chi connectivity index (χ4v) is 1.83. The molecule has 1 aliphatic rings. The van der Waals surface area contributed by atoms with Crippen molar-refractivity contribution in [3.8, 4) is 0 Å². The molecule has 1 aliphatic heterocycles. The molecule has 0 atom stereocenters. The quantitative estimate of drug-likeness (QED) is 0.820. The maximum atomic E-state index is 11.6. The molecule has 0 aromatic carbocycles. The molecule has 0 saturated carbocycles. The van der Waals surface area contributed by atoms with Gasteiger partial charge in [0, 0.05) is 20.1 Å². The third-order valence-electron chi connectivity index (χ3n) is 2.98. The fourth-order valence-electron chi connectivity index (χ4n) is 1.83. The van der Waals surface area contributed by atoms with Crippen molar-refractivity contribution in [3.63, 3.8) is 0 Å². The van der Waals surface area contributed by atoms with Gasteiger partial charge in [-0.05, 0) is 26.9 Å². The molecule has 4 nitrogen and oxygen atoms in total. The Hall–Kier alpha value is -0.610. The summed E-state index contributed by atoms with van der Waals surface area (Å²) in [5, 5.41) is 5.87. The van der Waals surface area contributed by atoms with E-state index in [1.807, 2.05) is 62.4 Å². The first kappa shape index (κ1) is 28.5. The number of nitrogens with zero attached hydrogens (tertiary/aromatic N) is 1. The van der Waals surface area contributed by atoms with Gasteiger partial charge in [-0.25, -0.2) is 0 Å². The Morgan fingerprint density at radius 3 is 1.43 bits per heavy atom. The lowest BCUT2D eigenvalue weighted by atomic mass is 9.87. The van der Waals surface area contributed by atoms with Crippen LogP contribution in [0.15, 0.2) is 0 Å². The van der Waals surface area contributed by atoms with Crippen LogP contribution in [0.3, 0.4) is 0 Å². The lowest BCUT2D eigenvalue weighted by molar-refractivity contribution is -0.128. The normalized spacial score (nSPS) is 15.2. The van der Waals surface area contributed by atoms with E-state index in [-0.39, 0.29) is 11.4 Å². The molecule has 1 rings (SSSR count). The molecular formula is C17H43N3O. The Balaban J connectivity index is -0.000000156. The van der Waals surface area contributed by atoms with Crippen molar-refractivity contribution >= 4 is 5.91 Å². The Morgan fingerprint density at radius 1 is 0.857 bits per heavy atom. The highest BCUT2D eigenvalue weighted by Crippen LogP contribution is 2.20. The van der Waals surface area contributed by atoms with Gasteiger partial charge in [0.25, 0.3) is 0 Å². The second kappa shape index (κ2) is 21.7. The van der Waals surface area contributed by atoms with E-state index in [4.69, 9.17) is 0 Å². The van der Waals surface area contributed by atoms with Crippen LogP contribution in [0, 0.1) is 0 Å². The van der Waals surface area contributed by atoms with Crippen LogP contribution in [-0.2, 0) is 4.79 Å². The largest absolute Gasteiger partial charge is 0.358 e. The molecular weight excluding hydrogens is 262 g/mol. The van der Waals surface area contributed by atoms with E-state index in [0.29, 0.717) is 0 Å². The molecule has 1 fully saturated rings. The van der Waals surface area contributed by atoms with Crippen LogP contribution in [0.2, 0.25) is 0 Å². The number of likely N-dealkylation sites (N-methyl/N-ethyl adjacent to an activating group) is 2. The highest BCUT2D eigenvalue weighted by atomic mass is 16.2. The molecule has 0 radical (unpaired) electrons. The van der Waals surface area contributed by atoms with Gasteiger partial charge >= 0.3 is 0 Å². The fraction of sp³-hybridized carbons (Fsp3) is 0.941. The molecule has 4 heteroatoms. The average Bonchev–Trinajstić information content (AvgIpc) is 2.62. The number of nitrogens with one attached hydrogen (secondary N) is 2. The van der Waals surface area contributed by atoms with Crippen LogP contribution >= 0.6 is 0 Å². The number of carbonyl (C=O) groups is 1. The number of amides is 1. The minimum Gasteiger partial charge on any atom is -0.358 e. The van der Waals surface area contributed by atoms with Crippen LogP contribution in [0.1, 0.15) is 68.2 Å². The first-order valence-electron chi connectivity index (χ1n) is 8.74. The monoisotopic (exact) mass is 305 g/mol. The summed E-state index contributed by atoms with van der Waals surface area (Å²) < 4.78 is 0. The van der Waals surface area contributed by atoms with Crippen LogP contribution in [-0.4, -0.2) is 50.6 Å². The number of piperidine rings is 1. The molecule has 0 unspecified atom stereocenters. The summed E-state index contributed by atoms with van der Waals surface area (Å²) in [6, 6.07) is 0. The summed E-state index contributed by atoms with van der Waals surface area (Å²) in [6.45, 7) is 18.0. The topological polar surface area (TPSA) is 44.4 Å². The van der Waals surface area contributed by atoms with Gasteiger partial charge in [0.15, 0.2) is 0 Å². The SMILES string of the molecule is CC.CC.CC.CC.CNC(=O)C1(NC)CCN(C)CC1. The van der Waals surface area contributed by atoms with Crippen LogP contribution < -0.4 is 10.6 Å². The zero-order valence-corrected chi connectivity index (χ0v) is 16.7. The highest BCUT2D eigenvalue weighted by Gasteiger charge is 2.38. The van der Waals surface area contributed by atoms with E-state index in [1.54, 1.807) is 7.05 Å². The zero-order valence-electron chi connectivity index (χ0n) is 16.7. The predicted molar refractivity (Wildman–Crippen MR) is 98.0 cm³/mol. The minimum atomic E-state index is -0.332. The van der Waals surface area contributed by atoms with Gasteiger partial charge in [-0.15, -0.1) is 0 Å². The van der Waals surface area contributed by atoms with Crippen molar-refractivity contribution < 1.29 is 4.79 Å². The molecule has 0 spiro atoms. The van der Waals surface area contributed by atoms with Gasteiger partial charge in [0.05, 0.1) is 5.54 Å². The third kappa shape index (κ3) is 11.7. The molecule has 132 valence electrons. The van der Waals surface area contributed by atoms with E-state index in [1.165, 1.54) is 0 Å². The van der Waals surface area contributed by atoms with Crippen molar-refractivity contribution in [1.29, 1.82) is 0 Å². The van der Waals surface area contributed by atoms with Crippen LogP contribution in [0.4, 0.5) is 0 Å². The molecule has 0 aliphatic carbocycles. The highest BCUT2D eigenvalue weighted by molar-refractivity contribution is 5.86. The smallest absolute Gasteiger partial charge is 0.240 e. The molecule has 1 heterocycles. The van der Waals surface area contributed by atoms with Crippen molar-refractivity contribution in [1.82, 2.24) is 15.5 Å². The molecule has 1 saturated heterocycles. The molecule has 21 heavy (non-hydrogen) atoms. The standard InChI is InChI=1S/C9H19N3O.4C2H6/c1-10-8(13)9(11-2)4-6-12(3)7-5-9;4*1-2/h11H,4-7H2,1-3H3,(H,10,13);4*1-2H3. The maximum absolute atomic E-state index is 11.6. The Kier molecular flexibility index (Phi) is 29.5. The summed E-state index contributed by atoms with van der Waals surface area (Å²) in [5.41, 5.74) is -0.332. The summed E-state index contributed by atoms with van der Waals surface area (Å²) in [5.74, 6) is 0.114. The van der Waals surface area contributed by atoms with Crippen molar-refractivity contribution in [3.05, 3.63) is 0 Å². The molecule has 0 aromatic heterocycles. The third-order valence-corrected chi connectivity index (χ3v) is 2.98. The first-order chi connectivity index (χ1) is 10.1. The molecule has 1 amide bonds. The summed E-state index contributed by atoms with van der Waals surface area (Å²) in [6.07, 6.45) is 1.78. The second-order valence-corrected chi connectivity index (χ2v) is 3.71. The van der Waals surface area contributed by atoms with E-state index in [2.05, 4.69) is 22.6 Å². The second-order valence-electron chi connectivity index (χ2n) is 3.71. The number of rotatable bonds is 2.